The van der Waals surface area contributed by atoms with Crippen molar-refractivity contribution in [3.05, 3.63) is 47.8 Å². The number of nitrogens with two attached hydrogens (primary N) is 1. The van der Waals surface area contributed by atoms with Crippen molar-refractivity contribution in [1.82, 2.24) is 15.2 Å². The van der Waals surface area contributed by atoms with Gasteiger partial charge in [0.15, 0.2) is 0 Å². The summed E-state index contributed by atoms with van der Waals surface area (Å²) < 4.78 is 0. The summed E-state index contributed by atoms with van der Waals surface area (Å²) in [6.07, 6.45) is 12.9. The van der Waals surface area contributed by atoms with Gasteiger partial charge in [-0.15, -0.1) is 0 Å². The number of aromatic nitrogens is 3. The number of pyridine rings is 1. The van der Waals surface area contributed by atoms with Crippen LogP contribution in [0.4, 0.5) is 0 Å². The summed E-state index contributed by atoms with van der Waals surface area (Å²) in [6.45, 7) is 0. The van der Waals surface area contributed by atoms with Crippen LogP contribution in [0.15, 0.2) is 36.7 Å². The minimum absolute atomic E-state index is 0.153. The molecule has 2 heterocycles. The molecule has 4 heteroatoms. The standard InChI is InChI=1S/C22H24N4/c23-22(12-21(13-22)8-1-9-21)15-4-6-18(24-10-15)16-5-7-19-17(11-25-26-19)20(16)14-2-3-14/h4-7,10-11,14H,1-3,8-9,12-13,23H2,(H,25,26). The van der Waals surface area contributed by atoms with Gasteiger partial charge >= 0.3 is 0 Å². The molecule has 1 aromatic carbocycles. The van der Waals surface area contributed by atoms with Crippen molar-refractivity contribution in [3.8, 4) is 11.3 Å². The number of fused-ring (bicyclic) bond motifs is 1. The second-order valence-electron chi connectivity index (χ2n) is 8.93. The molecular weight excluding hydrogens is 320 g/mol. The third-order valence-corrected chi connectivity index (χ3v) is 7.06. The number of aromatic amines is 1. The van der Waals surface area contributed by atoms with E-state index in [1.54, 1.807) is 0 Å². The molecular formula is C22H24N4. The van der Waals surface area contributed by atoms with Crippen LogP contribution in [-0.2, 0) is 5.54 Å². The second kappa shape index (κ2) is 4.95. The van der Waals surface area contributed by atoms with Crippen LogP contribution in [0.25, 0.3) is 22.2 Å². The van der Waals surface area contributed by atoms with Gasteiger partial charge in [-0.2, -0.15) is 5.10 Å². The third kappa shape index (κ3) is 2.05. The Kier molecular flexibility index (Phi) is 2.84. The molecule has 0 atom stereocenters. The molecule has 6 rings (SSSR count). The Labute approximate surface area is 153 Å². The van der Waals surface area contributed by atoms with E-state index in [4.69, 9.17) is 10.7 Å². The van der Waals surface area contributed by atoms with Crippen LogP contribution in [0.2, 0.25) is 0 Å². The lowest BCUT2D eigenvalue weighted by molar-refractivity contribution is -0.0463. The van der Waals surface area contributed by atoms with E-state index >= 15 is 0 Å². The van der Waals surface area contributed by atoms with Crippen LogP contribution < -0.4 is 5.73 Å². The van der Waals surface area contributed by atoms with Crippen molar-refractivity contribution in [2.24, 2.45) is 11.1 Å². The highest BCUT2D eigenvalue weighted by Crippen LogP contribution is 2.62. The predicted octanol–water partition coefficient (Wildman–Crippen LogP) is 4.62. The maximum atomic E-state index is 6.69. The van der Waals surface area contributed by atoms with Gasteiger partial charge in [-0.1, -0.05) is 18.6 Å². The van der Waals surface area contributed by atoms with Crippen molar-refractivity contribution in [3.63, 3.8) is 0 Å². The second-order valence-corrected chi connectivity index (χ2v) is 8.93. The number of benzene rings is 1. The Balaban J connectivity index is 1.36. The van der Waals surface area contributed by atoms with Gasteiger partial charge in [0.05, 0.1) is 17.4 Å². The SMILES string of the molecule is NC1(c2ccc(-c3ccc4[nH]ncc4c3C3CC3)nc2)CC2(CCC2)C1. The first-order valence-electron chi connectivity index (χ1n) is 9.88. The normalized spacial score (nSPS) is 23.0. The third-order valence-electron chi connectivity index (χ3n) is 7.06. The zero-order chi connectivity index (χ0) is 17.4. The van der Waals surface area contributed by atoms with E-state index in [2.05, 4.69) is 34.5 Å². The minimum atomic E-state index is -0.153. The van der Waals surface area contributed by atoms with Crippen molar-refractivity contribution >= 4 is 10.9 Å². The maximum Gasteiger partial charge on any atom is 0.0705 e. The highest BCUT2D eigenvalue weighted by molar-refractivity contribution is 5.89. The minimum Gasteiger partial charge on any atom is -0.321 e. The number of nitrogens with zero attached hydrogens (tertiary/aromatic N) is 2. The topological polar surface area (TPSA) is 67.6 Å². The molecule has 0 bridgehead atoms. The van der Waals surface area contributed by atoms with Crippen LogP contribution in [0.5, 0.6) is 0 Å². The van der Waals surface area contributed by atoms with Gasteiger partial charge in [-0.3, -0.25) is 10.1 Å². The first-order valence-corrected chi connectivity index (χ1v) is 9.88. The molecule has 0 unspecified atom stereocenters. The van der Waals surface area contributed by atoms with Crippen LogP contribution in [0.3, 0.4) is 0 Å². The molecule has 3 aliphatic rings. The van der Waals surface area contributed by atoms with Crippen molar-refractivity contribution < 1.29 is 0 Å². The van der Waals surface area contributed by atoms with E-state index < -0.39 is 0 Å². The summed E-state index contributed by atoms with van der Waals surface area (Å²) in [5, 5.41) is 8.58. The zero-order valence-corrected chi connectivity index (χ0v) is 15.0. The van der Waals surface area contributed by atoms with Gasteiger partial charge in [-0.25, -0.2) is 0 Å². The Morgan fingerprint density at radius 3 is 2.54 bits per heavy atom. The van der Waals surface area contributed by atoms with Crippen molar-refractivity contribution in [2.75, 3.05) is 0 Å². The molecule has 3 aliphatic carbocycles. The summed E-state index contributed by atoms with van der Waals surface area (Å²) in [4.78, 5) is 4.84. The molecule has 0 radical (unpaired) electrons. The number of hydrogen-bond acceptors (Lipinski definition) is 3. The Bertz CT molecular complexity index is 985. The molecule has 3 aromatic rings. The molecule has 2 aromatic heterocycles. The van der Waals surface area contributed by atoms with Gasteiger partial charge in [0, 0.05) is 22.7 Å². The van der Waals surface area contributed by atoms with Gasteiger partial charge in [0.2, 0.25) is 0 Å². The highest BCUT2D eigenvalue weighted by atomic mass is 15.1. The fraction of sp³-hybridized carbons (Fsp3) is 0.455. The first kappa shape index (κ1) is 14.9. The lowest BCUT2D eigenvalue weighted by Gasteiger charge is -2.59. The van der Waals surface area contributed by atoms with Crippen LogP contribution in [-0.4, -0.2) is 15.2 Å². The summed E-state index contributed by atoms with van der Waals surface area (Å²) in [6, 6.07) is 8.70. The summed E-state index contributed by atoms with van der Waals surface area (Å²) in [5.41, 5.74) is 13.2. The molecule has 3 N–H and O–H groups in total. The molecule has 3 saturated carbocycles. The zero-order valence-electron chi connectivity index (χ0n) is 15.0. The molecule has 26 heavy (non-hydrogen) atoms. The van der Waals surface area contributed by atoms with E-state index in [-0.39, 0.29) is 5.54 Å². The molecule has 3 fully saturated rings. The van der Waals surface area contributed by atoms with E-state index in [9.17, 15) is 0 Å². The van der Waals surface area contributed by atoms with E-state index in [0.717, 1.165) is 24.1 Å². The monoisotopic (exact) mass is 344 g/mol. The molecule has 1 spiro atoms. The van der Waals surface area contributed by atoms with Gasteiger partial charge in [0.25, 0.3) is 0 Å². The Hall–Kier alpha value is -2.20. The summed E-state index contributed by atoms with van der Waals surface area (Å²) in [7, 11) is 0. The van der Waals surface area contributed by atoms with Crippen LogP contribution >= 0.6 is 0 Å². The predicted molar refractivity (Wildman–Crippen MR) is 103 cm³/mol. The van der Waals surface area contributed by atoms with Gasteiger partial charge in [0.1, 0.15) is 0 Å². The lowest BCUT2D eigenvalue weighted by Crippen LogP contribution is -2.58. The quantitative estimate of drug-likeness (QED) is 0.728. The fourth-order valence-electron chi connectivity index (χ4n) is 5.44. The van der Waals surface area contributed by atoms with Crippen LogP contribution in [0.1, 0.15) is 62.0 Å². The fourth-order valence-corrected chi connectivity index (χ4v) is 5.44. The summed E-state index contributed by atoms with van der Waals surface area (Å²) >= 11 is 0. The lowest BCUT2D eigenvalue weighted by atomic mass is 9.47. The molecule has 4 nitrogen and oxygen atoms in total. The van der Waals surface area contributed by atoms with Crippen molar-refractivity contribution in [2.45, 2.75) is 56.4 Å². The summed E-state index contributed by atoms with van der Waals surface area (Å²) in [5.74, 6) is 0.652. The number of nitrogens with one attached hydrogen (secondary N) is 1. The van der Waals surface area contributed by atoms with E-state index in [0.29, 0.717) is 11.3 Å². The number of hydrogen-bond donors (Lipinski definition) is 2. The maximum absolute atomic E-state index is 6.69. The largest absolute Gasteiger partial charge is 0.321 e. The van der Waals surface area contributed by atoms with Crippen LogP contribution in [0, 0.1) is 5.41 Å². The Morgan fingerprint density at radius 2 is 1.88 bits per heavy atom. The van der Waals surface area contributed by atoms with Gasteiger partial charge in [-0.05, 0) is 73.1 Å². The highest BCUT2D eigenvalue weighted by Gasteiger charge is 2.55. The molecule has 0 saturated heterocycles. The molecule has 0 amide bonds. The average molecular weight is 344 g/mol. The number of rotatable bonds is 3. The molecule has 132 valence electrons. The Morgan fingerprint density at radius 1 is 1.04 bits per heavy atom. The number of H-pyrrole nitrogens is 1. The first-order chi connectivity index (χ1) is 12.7. The molecule has 0 aliphatic heterocycles. The van der Waals surface area contributed by atoms with Gasteiger partial charge < -0.3 is 5.73 Å². The smallest absolute Gasteiger partial charge is 0.0705 e. The van der Waals surface area contributed by atoms with Crippen molar-refractivity contribution in [1.29, 1.82) is 0 Å². The average Bonchev–Trinajstić information content (AvgIpc) is 3.33. The van der Waals surface area contributed by atoms with E-state index in [1.807, 2.05) is 12.4 Å². The van der Waals surface area contributed by atoms with E-state index in [1.165, 1.54) is 54.2 Å².